The smallest absolute Gasteiger partial charge is 0 e. The summed E-state index contributed by atoms with van der Waals surface area (Å²) >= 11 is 3.75. The van der Waals surface area contributed by atoms with Crippen molar-refractivity contribution in [2.24, 2.45) is 0 Å². The molecule has 0 aliphatic heterocycles. The third-order valence-corrected chi connectivity index (χ3v) is 27.0. The summed E-state index contributed by atoms with van der Waals surface area (Å²) in [6, 6.07) is 0. The standard InChI is InChI=1S/4C9H21Si.Ga.2Ge/c4*1-8(2,3)10(7)9(4,5)6;;;/h4*1-7H3;;;. The molecular weight excluding hydrogens is 760 g/mol. The van der Waals surface area contributed by atoms with Crippen LogP contribution in [0, 0.1) is 0 Å². The van der Waals surface area contributed by atoms with E-state index in [2.05, 4.69) is 206 Å². The van der Waals surface area contributed by atoms with Crippen LogP contribution in [-0.2, 0) is 0 Å². The van der Waals surface area contributed by atoms with Crippen molar-refractivity contribution >= 4 is 82.2 Å². The number of rotatable bonds is 0. The zero-order chi connectivity index (χ0) is 36.3. The van der Waals surface area contributed by atoms with Gasteiger partial charge in [-0.2, -0.15) is 0 Å². The molecule has 0 bridgehead atoms. The van der Waals surface area contributed by atoms with Gasteiger partial charge in [-0.05, 0) is 40.3 Å². The van der Waals surface area contributed by atoms with E-state index in [-0.39, 0.29) is 52.8 Å². The Morgan fingerprint density at radius 3 is 0.302 bits per heavy atom. The molecule has 0 saturated heterocycles. The Hall–Kier alpha value is 2.59. The van der Waals surface area contributed by atoms with E-state index in [1.807, 2.05) is 0 Å². The molecule has 0 aromatic carbocycles. The largest absolute Gasteiger partial charge is 0 e. The number of hydrogen-bond donors (Lipinski definition) is 0. The van der Waals surface area contributed by atoms with Gasteiger partial charge >= 0.3 is 29.5 Å². The maximum absolute atomic E-state index is 2.44. The Morgan fingerprint density at radius 2 is 0.302 bits per heavy atom. The van der Waals surface area contributed by atoms with Crippen molar-refractivity contribution in [2.75, 3.05) is 0 Å². The van der Waals surface area contributed by atoms with Crippen LogP contribution in [0.5, 0.6) is 0 Å². The minimum Gasteiger partial charge on any atom is 0 e. The van der Waals surface area contributed by atoms with Crippen LogP contribution in [0.15, 0.2) is 0 Å². The molecular formula is C36H84GaGe2Si4. The van der Waals surface area contributed by atoms with Crippen LogP contribution >= 0.6 is 0 Å². The van der Waals surface area contributed by atoms with E-state index in [0.29, 0.717) is 40.3 Å². The third-order valence-electron chi connectivity index (χ3n) is 9.00. The van der Waals surface area contributed by atoms with Crippen molar-refractivity contribution in [2.45, 2.75) is 233 Å². The Morgan fingerprint density at radius 1 is 0.256 bits per heavy atom. The Kier molecular flexibility index (Phi) is 29.1. The maximum atomic E-state index is 2.44. The van der Waals surface area contributed by atoms with Gasteiger partial charge in [0.15, 0.2) is 0 Å². The molecule has 0 aromatic heterocycles. The summed E-state index contributed by atoms with van der Waals surface area (Å²) in [4.78, 5) is 0. The Balaban J connectivity index is -0.000000103. The van der Waals surface area contributed by atoms with E-state index in [9.17, 15) is 0 Å². The average Bonchev–Trinajstić information content (AvgIpc) is 2.69. The first-order valence-corrected chi connectivity index (χ1v) is 31.8. The number of hydrogen-bond acceptors (Lipinski definition) is 0. The van der Waals surface area contributed by atoms with Gasteiger partial charge in [0.05, 0.1) is 35.2 Å². The monoisotopic (exact) mass is 845 g/mol. The van der Waals surface area contributed by atoms with Crippen molar-refractivity contribution in [3.63, 3.8) is 0 Å². The molecule has 0 unspecified atom stereocenters. The van der Waals surface area contributed by atoms with E-state index in [4.69, 9.17) is 0 Å². The zero-order valence-corrected chi connectivity index (χ0v) is 46.2. The van der Waals surface area contributed by atoms with E-state index < -0.39 is 0 Å². The minimum atomic E-state index is -0.221. The van der Waals surface area contributed by atoms with Gasteiger partial charge in [0.2, 0.25) is 0 Å². The van der Waals surface area contributed by atoms with Gasteiger partial charge in [-0.3, -0.25) is 0 Å². The predicted octanol–water partition coefficient (Wildman–Crippen LogP) is 13.7. The molecule has 0 aromatic rings. The molecule has 255 valence electrons. The first kappa shape index (κ1) is 57.8. The van der Waals surface area contributed by atoms with E-state index in [0.717, 1.165) is 0 Å². The second-order valence-corrected chi connectivity index (χ2v) is 37.5. The maximum Gasteiger partial charge on any atom is 0 e. The van der Waals surface area contributed by atoms with Crippen LogP contribution in [0.3, 0.4) is 0 Å². The van der Waals surface area contributed by atoms with Crippen LogP contribution in [-0.4, -0.2) is 82.2 Å². The Labute approximate surface area is 312 Å². The first-order valence-electron chi connectivity index (χ1n) is 16.3. The predicted molar refractivity (Wildman–Crippen MR) is 221 cm³/mol. The van der Waals surface area contributed by atoms with Gasteiger partial charge in [-0.25, -0.2) is 0 Å². The summed E-state index contributed by atoms with van der Waals surface area (Å²) < 4.78 is 0. The fraction of sp³-hybridized carbons (Fsp3) is 1.00. The van der Waals surface area contributed by atoms with Gasteiger partial charge in [0, 0.05) is 17.6 Å². The van der Waals surface area contributed by atoms with Crippen LogP contribution in [0.4, 0.5) is 0 Å². The third kappa shape index (κ3) is 31.6. The molecule has 0 atom stereocenters. The SMILES string of the molecule is C[Si](C(C)(C)C)C(C)(C)C.C[Si](C(C)(C)C)C(C)(C)C.C[Si](C(C)(C)C)C(C)(C)C.C[Si](C(C)(C)C)C(C)(C)C.[Ga]=[Ge].[Ge]. The van der Waals surface area contributed by atoms with Crippen LogP contribution in [0.25, 0.3) is 0 Å². The molecule has 0 spiro atoms. The van der Waals surface area contributed by atoms with Crippen LogP contribution in [0.2, 0.25) is 66.5 Å². The van der Waals surface area contributed by atoms with Crippen LogP contribution < -0.4 is 0 Å². The summed E-state index contributed by atoms with van der Waals surface area (Å²) in [7, 11) is -0.883. The van der Waals surface area contributed by atoms with Crippen molar-refractivity contribution in [3.05, 3.63) is 0 Å². The molecule has 0 aliphatic carbocycles. The topological polar surface area (TPSA) is 0 Å². The molecule has 0 fully saturated rings. The van der Waals surface area contributed by atoms with Gasteiger partial charge in [-0.1, -0.05) is 192 Å². The normalized spacial score (nSPS) is 13.5. The van der Waals surface area contributed by atoms with Crippen LogP contribution in [0.1, 0.15) is 166 Å². The molecule has 11 radical (unpaired) electrons. The zero-order valence-electron chi connectivity index (χ0n) is 35.6. The van der Waals surface area contributed by atoms with Gasteiger partial charge in [0.1, 0.15) is 0 Å². The summed E-state index contributed by atoms with van der Waals surface area (Å²) in [5, 5.41) is 4.36. The molecule has 7 heteroatoms. The molecule has 43 heavy (non-hydrogen) atoms. The second-order valence-electron chi connectivity index (χ2n) is 20.5. The van der Waals surface area contributed by atoms with E-state index in [1.54, 1.807) is 15.9 Å². The molecule has 0 heterocycles. The van der Waals surface area contributed by atoms with E-state index in [1.165, 1.54) is 0 Å². The summed E-state index contributed by atoms with van der Waals surface area (Å²) in [5.41, 5.74) is 0. The Bertz CT molecular complexity index is 509. The molecule has 0 nitrogen and oxygen atoms in total. The quantitative estimate of drug-likeness (QED) is 0.213. The summed E-state index contributed by atoms with van der Waals surface area (Å²) in [5.74, 6) is 0. The van der Waals surface area contributed by atoms with Crippen molar-refractivity contribution in [1.29, 1.82) is 0 Å². The molecule has 0 amide bonds. The average molecular weight is 844 g/mol. The van der Waals surface area contributed by atoms with Crippen molar-refractivity contribution < 1.29 is 0 Å². The van der Waals surface area contributed by atoms with Gasteiger partial charge in [-0.15, -0.1) is 0 Å². The molecule has 0 aliphatic rings. The van der Waals surface area contributed by atoms with Crippen molar-refractivity contribution in [1.82, 2.24) is 0 Å². The first-order chi connectivity index (χ1) is 17.6. The molecule has 0 saturated carbocycles. The summed E-state index contributed by atoms with van der Waals surface area (Å²) in [6.07, 6.45) is 0. The molecule has 0 rings (SSSR count). The minimum absolute atomic E-state index is 0. The van der Waals surface area contributed by atoms with Gasteiger partial charge in [0.25, 0.3) is 0 Å². The van der Waals surface area contributed by atoms with E-state index >= 15 is 0 Å². The van der Waals surface area contributed by atoms with Gasteiger partial charge < -0.3 is 0 Å². The summed E-state index contributed by atoms with van der Waals surface area (Å²) in [6.45, 7) is 66.2. The van der Waals surface area contributed by atoms with Crippen molar-refractivity contribution in [3.8, 4) is 0 Å². The second kappa shape index (κ2) is 21.6. The fourth-order valence-electron chi connectivity index (χ4n) is 4.50. The molecule has 0 N–H and O–H groups in total. The fourth-order valence-corrected chi connectivity index (χ4v) is 13.5.